The first-order valence-corrected chi connectivity index (χ1v) is 6.96. The maximum absolute atomic E-state index is 12.2. The third kappa shape index (κ3) is 1.77. The van der Waals surface area contributed by atoms with Gasteiger partial charge in [0.25, 0.3) is 5.56 Å². The number of aromatic amines is 1. The van der Waals surface area contributed by atoms with Crippen LogP contribution < -0.4 is 11.3 Å². The lowest BCUT2D eigenvalue weighted by molar-refractivity contribution is 0.128. The van der Waals surface area contributed by atoms with Crippen LogP contribution in [-0.2, 0) is 0 Å². The smallest absolute Gasteiger partial charge is 0.290 e. The van der Waals surface area contributed by atoms with E-state index in [4.69, 9.17) is 5.73 Å². The van der Waals surface area contributed by atoms with Crippen molar-refractivity contribution in [1.29, 1.82) is 0 Å². The molecule has 18 heavy (non-hydrogen) atoms. The number of nitrogens with one attached hydrogen (secondary N) is 1. The second-order valence-electron chi connectivity index (χ2n) is 5.66. The lowest BCUT2D eigenvalue weighted by atomic mass is 10.0. The summed E-state index contributed by atoms with van der Waals surface area (Å²) in [6.45, 7) is 0. The molecule has 1 aromatic heterocycles. The van der Waals surface area contributed by atoms with Gasteiger partial charge < -0.3 is 10.8 Å². The van der Waals surface area contributed by atoms with Gasteiger partial charge in [0.1, 0.15) is 5.69 Å². The molecule has 0 saturated heterocycles. The maximum atomic E-state index is 12.2. The Balaban J connectivity index is 1.96. The Morgan fingerprint density at radius 1 is 1.17 bits per heavy atom. The van der Waals surface area contributed by atoms with Crippen molar-refractivity contribution < 1.29 is 5.11 Å². The van der Waals surface area contributed by atoms with Crippen LogP contribution in [0.4, 0.5) is 5.69 Å². The molecular weight excluding hydrogens is 230 g/mol. The molecule has 5 heteroatoms. The zero-order chi connectivity index (χ0) is 12.7. The fourth-order valence-electron chi connectivity index (χ4n) is 3.47. The predicted molar refractivity (Wildman–Crippen MR) is 69.6 cm³/mol. The van der Waals surface area contributed by atoms with Crippen molar-refractivity contribution in [3.8, 4) is 0 Å². The summed E-state index contributed by atoms with van der Waals surface area (Å²) in [5.74, 6) is 0.400. The van der Waals surface area contributed by atoms with E-state index in [-0.39, 0.29) is 11.6 Å². The van der Waals surface area contributed by atoms with Crippen LogP contribution in [-0.4, -0.2) is 21.0 Å². The molecule has 2 aliphatic carbocycles. The van der Waals surface area contributed by atoms with E-state index in [0.29, 0.717) is 11.6 Å². The van der Waals surface area contributed by atoms with Gasteiger partial charge in [0.2, 0.25) is 0 Å². The molecule has 0 aliphatic heterocycles. The molecule has 2 atom stereocenters. The van der Waals surface area contributed by atoms with E-state index in [9.17, 15) is 9.90 Å². The van der Waals surface area contributed by atoms with E-state index in [1.807, 2.05) is 0 Å². The van der Waals surface area contributed by atoms with Gasteiger partial charge in [-0.1, -0.05) is 12.8 Å². The van der Waals surface area contributed by atoms with Gasteiger partial charge in [-0.05, 0) is 32.1 Å². The average molecular weight is 251 g/mol. The molecule has 0 bridgehead atoms. The van der Waals surface area contributed by atoms with Gasteiger partial charge in [0, 0.05) is 5.92 Å². The molecule has 0 aromatic carbocycles. The molecule has 2 fully saturated rings. The van der Waals surface area contributed by atoms with Gasteiger partial charge >= 0.3 is 0 Å². The summed E-state index contributed by atoms with van der Waals surface area (Å²) in [6, 6.07) is -0.116. The SMILES string of the molecule is Nc1c(C2CCCC2)[nH]n(C2CCCC2O)c1=O. The molecule has 1 heterocycles. The highest BCUT2D eigenvalue weighted by molar-refractivity contribution is 5.43. The quantitative estimate of drug-likeness (QED) is 0.744. The molecule has 5 nitrogen and oxygen atoms in total. The van der Waals surface area contributed by atoms with E-state index < -0.39 is 6.10 Å². The number of aliphatic hydroxyl groups is 1. The van der Waals surface area contributed by atoms with Gasteiger partial charge in [0.05, 0.1) is 17.8 Å². The standard InChI is InChI=1S/C13H21N3O2/c14-11-12(8-4-1-2-5-8)15-16(13(11)18)9-6-3-7-10(9)17/h8-10,15,17H,1-7,14H2. The molecule has 3 rings (SSSR count). The number of rotatable bonds is 2. The molecule has 2 saturated carbocycles. The van der Waals surface area contributed by atoms with Crippen molar-refractivity contribution in [1.82, 2.24) is 9.78 Å². The zero-order valence-corrected chi connectivity index (χ0v) is 10.6. The van der Waals surface area contributed by atoms with Crippen LogP contribution in [0.15, 0.2) is 4.79 Å². The minimum atomic E-state index is -0.419. The highest BCUT2D eigenvalue weighted by atomic mass is 16.3. The summed E-state index contributed by atoms with van der Waals surface area (Å²) in [5.41, 5.74) is 7.06. The summed E-state index contributed by atoms with van der Waals surface area (Å²) in [4.78, 5) is 12.2. The van der Waals surface area contributed by atoms with Crippen LogP contribution in [0.25, 0.3) is 0 Å². The third-order valence-electron chi connectivity index (χ3n) is 4.52. The van der Waals surface area contributed by atoms with Gasteiger partial charge in [-0.3, -0.25) is 9.89 Å². The number of hydrogen-bond acceptors (Lipinski definition) is 3. The number of nitrogens with two attached hydrogens (primary N) is 1. The van der Waals surface area contributed by atoms with Crippen LogP contribution in [0.2, 0.25) is 0 Å². The zero-order valence-electron chi connectivity index (χ0n) is 10.6. The topological polar surface area (TPSA) is 84.0 Å². The summed E-state index contributed by atoms with van der Waals surface area (Å²) in [6.07, 6.45) is 6.81. The van der Waals surface area contributed by atoms with Crippen LogP contribution in [0.5, 0.6) is 0 Å². The first kappa shape index (κ1) is 11.8. The molecule has 0 spiro atoms. The Morgan fingerprint density at radius 3 is 2.50 bits per heavy atom. The fourth-order valence-corrected chi connectivity index (χ4v) is 3.47. The monoisotopic (exact) mass is 251 g/mol. The number of H-pyrrole nitrogens is 1. The predicted octanol–water partition coefficient (Wildman–Crippen LogP) is 1.50. The Kier molecular flexibility index (Phi) is 2.93. The summed E-state index contributed by atoms with van der Waals surface area (Å²) in [5, 5.41) is 13.1. The summed E-state index contributed by atoms with van der Waals surface area (Å²) < 4.78 is 1.57. The molecule has 4 N–H and O–H groups in total. The highest BCUT2D eigenvalue weighted by Crippen LogP contribution is 2.36. The minimum absolute atomic E-state index is 0.116. The number of hydrogen-bond donors (Lipinski definition) is 3. The first-order valence-electron chi connectivity index (χ1n) is 6.96. The van der Waals surface area contributed by atoms with Crippen molar-refractivity contribution >= 4 is 5.69 Å². The van der Waals surface area contributed by atoms with E-state index in [0.717, 1.165) is 37.8 Å². The Labute approximate surface area is 106 Å². The first-order chi connectivity index (χ1) is 8.68. The van der Waals surface area contributed by atoms with Crippen molar-refractivity contribution in [3.05, 3.63) is 16.0 Å². The summed E-state index contributed by atoms with van der Waals surface area (Å²) >= 11 is 0. The largest absolute Gasteiger partial charge is 0.393 e. The van der Waals surface area contributed by atoms with E-state index in [2.05, 4.69) is 5.10 Å². The van der Waals surface area contributed by atoms with E-state index >= 15 is 0 Å². The van der Waals surface area contributed by atoms with Crippen molar-refractivity contribution in [2.75, 3.05) is 5.73 Å². The molecule has 2 unspecified atom stereocenters. The van der Waals surface area contributed by atoms with Crippen molar-refractivity contribution in [2.24, 2.45) is 0 Å². The van der Waals surface area contributed by atoms with Crippen LogP contribution in [0.1, 0.15) is 62.6 Å². The number of nitrogen functional groups attached to an aromatic ring is 1. The third-order valence-corrected chi connectivity index (χ3v) is 4.52. The molecular formula is C13H21N3O2. The van der Waals surface area contributed by atoms with E-state index in [1.54, 1.807) is 4.68 Å². The number of aliphatic hydroxyl groups excluding tert-OH is 1. The van der Waals surface area contributed by atoms with Gasteiger partial charge in [0.15, 0.2) is 0 Å². The van der Waals surface area contributed by atoms with Gasteiger partial charge in [-0.2, -0.15) is 0 Å². The van der Waals surface area contributed by atoms with Crippen LogP contribution in [0.3, 0.4) is 0 Å². The van der Waals surface area contributed by atoms with Gasteiger partial charge in [-0.15, -0.1) is 0 Å². The number of anilines is 1. The molecule has 0 radical (unpaired) electrons. The lowest BCUT2D eigenvalue weighted by Crippen LogP contribution is -2.28. The number of nitrogens with zero attached hydrogens (tertiary/aromatic N) is 1. The maximum Gasteiger partial charge on any atom is 0.290 e. The second kappa shape index (κ2) is 4.46. The molecule has 100 valence electrons. The Bertz CT molecular complexity index is 485. The second-order valence-corrected chi connectivity index (χ2v) is 5.66. The molecule has 2 aliphatic rings. The highest BCUT2D eigenvalue weighted by Gasteiger charge is 2.31. The fraction of sp³-hybridized carbons (Fsp3) is 0.769. The summed E-state index contributed by atoms with van der Waals surface area (Å²) in [7, 11) is 0. The van der Waals surface area contributed by atoms with Crippen LogP contribution >= 0.6 is 0 Å². The van der Waals surface area contributed by atoms with Gasteiger partial charge in [-0.25, -0.2) is 4.68 Å². The van der Waals surface area contributed by atoms with E-state index in [1.165, 1.54) is 12.8 Å². The average Bonchev–Trinajstić information content (AvgIpc) is 3.04. The normalized spacial score (nSPS) is 29.2. The number of aromatic nitrogens is 2. The molecule has 1 aromatic rings. The van der Waals surface area contributed by atoms with Crippen molar-refractivity contribution in [3.63, 3.8) is 0 Å². The van der Waals surface area contributed by atoms with Crippen molar-refractivity contribution in [2.45, 2.75) is 63.0 Å². The minimum Gasteiger partial charge on any atom is -0.393 e. The Hall–Kier alpha value is -1.23. The molecule has 0 amide bonds. The van der Waals surface area contributed by atoms with Crippen LogP contribution in [0, 0.1) is 0 Å². The Morgan fingerprint density at radius 2 is 1.89 bits per heavy atom. The lowest BCUT2D eigenvalue weighted by Gasteiger charge is -2.15.